The van der Waals surface area contributed by atoms with E-state index in [-0.39, 0.29) is 0 Å². The molecule has 0 amide bonds. The minimum atomic E-state index is 1.06. The molecule has 2 aliphatic heterocycles. The lowest BCUT2D eigenvalue weighted by Crippen LogP contribution is -2.22. The van der Waals surface area contributed by atoms with Crippen LogP contribution in [0, 0.1) is 0 Å². The van der Waals surface area contributed by atoms with E-state index < -0.39 is 0 Å². The van der Waals surface area contributed by atoms with Crippen molar-refractivity contribution in [1.82, 2.24) is 10.2 Å². The Bertz CT molecular complexity index is 421. The van der Waals surface area contributed by atoms with Crippen LogP contribution in [0.15, 0.2) is 0 Å². The van der Waals surface area contributed by atoms with Crippen molar-refractivity contribution in [2.45, 2.75) is 117 Å². The number of hydrogen-bond donors (Lipinski definition) is 2. The van der Waals surface area contributed by atoms with E-state index in [4.69, 9.17) is 12.2 Å². The number of rotatable bonds is 14. The van der Waals surface area contributed by atoms with E-state index in [0.717, 1.165) is 10.1 Å². The first-order valence-corrected chi connectivity index (χ1v) is 17.7. The van der Waals surface area contributed by atoms with Crippen molar-refractivity contribution >= 4 is 79.5 Å². The van der Waals surface area contributed by atoms with Gasteiger partial charge in [0.15, 0.2) is 0 Å². The number of nitrogens with zero attached hydrogens (tertiary/aromatic N) is 1. The van der Waals surface area contributed by atoms with Gasteiger partial charge in [0.2, 0.25) is 0 Å². The summed E-state index contributed by atoms with van der Waals surface area (Å²) in [6, 6.07) is 0. The highest BCUT2D eigenvalue weighted by Crippen LogP contribution is 2.28. The number of likely N-dealkylation sites (tertiary alicyclic amines) is 1. The van der Waals surface area contributed by atoms with E-state index in [1.165, 1.54) is 135 Å². The van der Waals surface area contributed by atoms with Gasteiger partial charge in [-0.3, -0.25) is 0 Å². The Hall–Kier alpha value is 1.12. The van der Waals surface area contributed by atoms with E-state index in [1.807, 2.05) is 25.9 Å². The number of nitrogens with one attached hydrogen (secondary N) is 1. The van der Waals surface area contributed by atoms with Crippen LogP contribution in [0.3, 0.4) is 0 Å². The van der Waals surface area contributed by atoms with Crippen molar-refractivity contribution < 1.29 is 0 Å². The summed E-state index contributed by atoms with van der Waals surface area (Å²) in [7, 11) is 3.76. The van der Waals surface area contributed by atoms with Crippen molar-refractivity contribution in [2.75, 3.05) is 37.7 Å². The molecule has 0 aliphatic carbocycles. The molecule has 0 aromatic rings. The van der Waals surface area contributed by atoms with Crippen LogP contribution in [0.2, 0.25) is 0 Å². The predicted molar refractivity (Wildman–Crippen MR) is 176 cm³/mol. The molecule has 2 nitrogen and oxygen atoms in total. The fraction of sp³-hybridized carbons (Fsp3) is 0.923. The summed E-state index contributed by atoms with van der Waals surface area (Å²) >= 11 is 17.5. The third kappa shape index (κ3) is 31.2. The highest BCUT2D eigenvalue weighted by Gasteiger charge is 2.14. The van der Waals surface area contributed by atoms with Crippen molar-refractivity contribution in [2.24, 2.45) is 0 Å². The van der Waals surface area contributed by atoms with Crippen LogP contribution < -0.4 is 5.32 Å². The summed E-state index contributed by atoms with van der Waals surface area (Å²) in [5, 5.41) is 3.22. The molecule has 0 spiro atoms. The molecule has 2 rings (SSSR count). The van der Waals surface area contributed by atoms with E-state index in [0.29, 0.717) is 0 Å². The minimum Gasteiger partial charge on any atom is -0.357 e. The summed E-state index contributed by atoms with van der Waals surface area (Å²) in [5.74, 6) is 2.32. The maximum absolute atomic E-state index is 5.42. The molecule has 34 heavy (non-hydrogen) atoms. The lowest BCUT2D eigenvalue weighted by Gasteiger charge is -2.16. The second kappa shape index (κ2) is 34.1. The van der Waals surface area contributed by atoms with Crippen molar-refractivity contribution in [3.8, 4) is 0 Å². The summed E-state index contributed by atoms with van der Waals surface area (Å²) in [5.41, 5.74) is 0. The topological polar surface area (TPSA) is 15.3 Å². The normalized spacial score (nSPS) is 14.1. The van der Waals surface area contributed by atoms with E-state index >= 15 is 0 Å². The maximum atomic E-state index is 5.42. The third-order valence-corrected chi connectivity index (χ3v) is 8.99. The minimum absolute atomic E-state index is 1.06. The first-order chi connectivity index (χ1) is 16.7. The second-order valence-electron chi connectivity index (χ2n) is 8.66. The Morgan fingerprint density at radius 1 is 0.794 bits per heavy atom. The monoisotopic (exact) mass is 584 g/mol. The van der Waals surface area contributed by atoms with Gasteiger partial charge in [0, 0.05) is 23.2 Å². The average molecular weight is 585 g/mol. The second-order valence-corrected chi connectivity index (χ2v) is 12.8. The zero-order chi connectivity index (χ0) is 25.5. The van der Waals surface area contributed by atoms with Gasteiger partial charge < -0.3 is 10.2 Å². The fourth-order valence-corrected chi connectivity index (χ4v) is 6.36. The molecule has 8 heteroatoms. The van der Waals surface area contributed by atoms with Crippen molar-refractivity contribution in [3.63, 3.8) is 0 Å². The molecule has 202 valence electrons. The number of thiol groups is 1. The van der Waals surface area contributed by atoms with Gasteiger partial charge in [-0.1, -0.05) is 101 Å². The van der Waals surface area contributed by atoms with Crippen LogP contribution in [0.5, 0.6) is 0 Å². The van der Waals surface area contributed by atoms with E-state index in [2.05, 4.69) is 61.1 Å². The van der Waals surface area contributed by atoms with Crippen LogP contribution in [0.1, 0.15) is 117 Å². The zero-order valence-corrected chi connectivity index (χ0v) is 27.0. The molecule has 0 radical (unpaired) electrons. The van der Waals surface area contributed by atoms with Crippen LogP contribution in [-0.2, 0) is 0 Å². The van der Waals surface area contributed by atoms with Gasteiger partial charge in [-0.25, -0.2) is 0 Å². The van der Waals surface area contributed by atoms with E-state index in [1.54, 1.807) is 0 Å². The van der Waals surface area contributed by atoms with Gasteiger partial charge in [0.05, 0.1) is 0 Å². The van der Waals surface area contributed by atoms with Crippen LogP contribution >= 0.6 is 70.9 Å². The quantitative estimate of drug-likeness (QED) is 0.0902. The molecule has 2 heterocycles. The molecular formula is C26H52N2S6. The van der Waals surface area contributed by atoms with Crippen LogP contribution in [0.4, 0.5) is 0 Å². The average Bonchev–Trinajstić information content (AvgIpc) is 3.59. The Kier molecular flexibility index (Phi) is 37.4. The summed E-state index contributed by atoms with van der Waals surface area (Å²) in [6.45, 7) is 9.39. The highest BCUT2D eigenvalue weighted by molar-refractivity contribution is 8.83. The van der Waals surface area contributed by atoms with Gasteiger partial charge in [0.25, 0.3) is 0 Å². The number of hydrogen-bond acceptors (Lipinski definition) is 7. The molecule has 0 saturated carbocycles. The van der Waals surface area contributed by atoms with Crippen molar-refractivity contribution in [1.29, 1.82) is 0 Å². The van der Waals surface area contributed by atoms with Gasteiger partial charge in [-0.05, 0) is 92.6 Å². The standard InChI is InChI=1S/C13H25NS3.C8H18S.C4H9N.CS2/c1-2-3-4-5-6-9-12-16-17-13(15)14-10-7-8-11-14;1-2-3-4-5-6-7-8-9;1-2-4-5-3-1;2-1-3/h2-12H2,1H3;9H,2-8H2,1H3;5H,1-4H2;. The molecule has 2 saturated heterocycles. The molecule has 0 aromatic carbocycles. The SMILES string of the molecule is C1CCNC1.CCCCCCCCS.CCCCCCCCSSC(=S)N1CCCC1.S=C=S. The number of unbranched alkanes of at least 4 members (excludes halogenated alkanes) is 10. The Labute approximate surface area is 242 Å². The molecular weight excluding hydrogens is 533 g/mol. The summed E-state index contributed by atoms with van der Waals surface area (Å²) in [6.07, 6.45) is 22.0. The number of thiocarbonyl (C=S) groups is 3. The first kappa shape index (κ1) is 37.3. The summed E-state index contributed by atoms with van der Waals surface area (Å²) in [4.78, 5) is 2.36. The van der Waals surface area contributed by atoms with Gasteiger partial charge in [-0.15, -0.1) is 0 Å². The lowest BCUT2D eigenvalue weighted by molar-refractivity contribution is 0.539. The molecule has 0 atom stereocenters. The molecule has 0 bridgehead atoms. The van der Waals surface area contributed by atoms with Gasteiger partial charge >= 0.3 is 0 Å². The Balaban J connectivity index is 0. The van der Waals surface area contributed by atoms with Crippen LogP contribution in [0.25, 0.3) is 0 Å². The molecule has 1 N–H and O–H groups in total. The first-order valence-electron chi connectivity index (χ1n) is 13.6. The lowest BCUT2D eigenvalue weighted by atomic mass is 10.1. The molecule has 0 aromatic heterocycles. The van der Waals surface area contributed by atoms with Crippen LogP contribution in [-0.4, -0.2) is 51.2 Å². The largest absolute Gasteiger partial charge is 0.357 e. The van der Waals surface area contributed by atoms with Crippen molar-refractivity contribution in [3.05, 3.63) is 0 Å². The smallest absolute Gasteiger partial charge is 0.147 e. The molecule has 2 fully saturated rings. The summed E-state index contributed by atoms with van der Waals surface area (Å²) < 4.78 is 3.03. The van der Waals surface area contributed by atoms with Gasteiger partial charge in [-0.2, -0.15) is 12.6 Å². The predicted octanol–water partition coefficient (Wildman–Crippen LogP) is 9.77. The zero-order valence-electron chi connectivity index (χ0n) is 22.0. The Morgan fingerprint density at radius 3 is 1.71 bits per heavy atom. The molecule has 2 aliphatic rings. The Morgan fingerprint density at radius 2 is 1.26 bits per heavy atom. The third-order valence-electron chi connectivity index (χ3n) is 5.54. The van der Waals surface area contributed by atoms with Gasteiger partial charge in [0.1, 0.15) is 4.32 Å². The maximum Gasteiger partial charge on any atom is 0.147 e. The fourth-order valence-electron chi connectivity index (χ4n) is 3.50. The highest BCUT2D eigenvalue weighted by atomic mass is 33.1. The van der Waals surface area contributed by atoms with E-state index in [9.17, 15) is 0 Å². The molecule has 0 unspecified atom stereocenters.